The van der Waals surface area contributed by atoms with E-state index in [2.05, 4.69) is 55.5 Å². The van der Waals surface area contributed by atoms with E-state index in [0.29, 0.717) is 12.5 Å². The van der Waals surface area contributed by atoms with Crippen molar-refractivity contribution in [1.29, 1.82) is 0 Å². The maximum atomic E-state index is 5.66. The molecule has 0 radical (unpaired) electrons. The molecular formula is C16H28IN3O. The number of aliphatic imine (C=N–C) groups is 1. The number of halogens is 1. The normalized spacial score (nSPS) is 9.76. The first-order valence-corrected chi connectivity index (χ1v) is 7.39. The van der Waals surface area contributed by atoms with Gasteiger partial charge >= 0.3 is 0 Å². The van der Waals surface area contributed by atoms with Crippen LogP contribution in [0.4, 0.5) is 0 Å². The predicted molar refractivity (Wildman–Crippen MR) is 101 cm³/mol. The number of hydrogen-bond donors (Lipinski definition) is 2. The molecule has 0 spiro atoms. The Morgan fingerprint density at radius 1 is 1.10 bits per heavy atom. The van der Waals surface area contributed by atoms with Crippen molar-refractivity contribution in [2.45, 2.75) is 34.2 Å². The number of guanidine groups is 1. The second-order valence-electron chi connectivity index (χ2n) is 5.07. The van der Waals surface area contributed by atoms with Crippen molar-refractivity contribution in [2.24, 2.45) is 10.9 Å². The SMILES string of the molecule is CCNC(=NCc1ccc(OCC(C)C)cc1)NCC.I. The van der Waals surface area contributed by atoms with Crippen LogP contribution in [0.25, 0.3) is 0 Å². The van der Waals surface area contributed by atoms with Gasteiger partial charge in [0.2, 0.25) is 0 Å². The summed E-state index contributed by atoms with van der Waals surface area (Å²) in [5.74, 6) is 2.32. The van der Waals surface area contributed by atoms with Crippen molar-refractivity contribution in [1.82, 2.24) is 10.6 Å². The van der Waals surface area contributed by atoms with Crippen molar-refractivity contribution in [3.8, 4) is 5.75 Å². The van der Waals surface area contributed by atoms with Crippen molar-refractivity contribution >= 4 is 29.9 Å². The lowest BCUT2D eigenvalue weighted by Gasteiger charge is -2.10. The second kappa shape index (κ2) is 11.7. The van der Waals surface area contributed by atoms with Gasteiger partial charge in [-0.2, -0.15) is 0 Å². The first-order valence-electron chi connectivity index (χ1n) is 7.39. The molecule has 0 fully saturated rings. The van der Waals surface area contributed by atoms with E-state index in [1.807, 2.05) is 12.1 Å². The molecule has 0 saturated heterocycles. The summed E-state index contributed by atoms with van der Waals surface area (Å²) in [5.41, 5.74) is 1.18. The largest absolute Gasteiger partial charge is 0.493 e. The van der Waals surface area contributed by atoms with Crippen molar-refractivity contribution in [3.63, 3.8) is 0 Å². The number of nitrogens with one attached hydrogen (secondary N) is 2. The Hall–Kier alpha value is -0.980. The molecule has 0 amide bonds. The minimum Gasteiger partial charge on any atom is -0.493 e. The molecule has 4 nitrogen and oxygen atoms in total. The number of rotatable bonds is 7. The summed E-state index contributed by atoms with van der Waals surface area (Å²) in [7, 11) is 0. The summed E-state index contributed by atoms with van der Waals surface area (Å²) in [6.45, 7) is 11.6. The molecular weight excluding hydrogens is 377 g/mol. The van der Waals surface area contributed by atoms with E-state index in [9.17, 15) is 0 Å². The van der Waals surface area contributed by atoms with Crippen LogP contribution < -0.4 is 15.4 Å². The minimum atomic E-state index is 0. The highest BCUT2D eigenvalue weighted by Crippen LogP contribution is 2.13. The van der Waals surface area contributed by atoms with E-state index < -0.39 is 0 Å². The molecule has 0 aliphatic rings. The van der Waals surface area contributed by atoms with Gasteiger partial charge < -0.3 is 15.4 Å². The third kappa shape index (κ3) is 8.80. The van der Waals surface area contributed by atoms with Gasteiger partial charge in [-0.3, -0.25) is 0 Å². The summed E-state index contributed by atoms with van der Waals surface area (Å²) in [6.07, 6.45) is 0. The van der Waals surface area contributed by atoms with Gasteiger partial charge in [-0.1, -0.05) is 26.0 Å². The van der Waals surface area contributed by atoms with Gasteiger partial charge in [0.1, 0.15) is 5.75 Å². The van der Waals surface area contributed by atoms with Crippen LogP contribution in [-0.4, -0.2) is 25.7 Å². The van der Waals surface area contributed by atoms with Crippen LogP contribution in [0.3, 0.4) is 0 Å². The summed E-state index contributed by atoms with van der Waals surface area (Å²) in [4.78, 5) is 4.53. The Labute approximate surface area is 145 Å². The Bertz CT molecular complexity index is 396. The van der Waals surface area contributed by atoms with E-state index in [0.717, 1.165) is 31.4 Å². The predicted octanol–water partition coefficient (Wildman–Crippen LogP) is 3.41. The molecule has 0 heterocycles. The molecule has 0 aliphatic heterocycles. The Morgan fingerprint density at radius 2 is 1.67 bits per heavy atom. The third-order valence-corrected chi connectivity index (χ3v) is 2.61. The fraction of sp³-hybridized carbons (Fsp3) is 0.562. The molecule has 1 aromatic rings. The van der Waals surface area contributed by atoms with Gasteiger partial charge in [0.15, 0.2) is 5.96 Å². The fourth-order valence-electron chi connectivity index (χ4n) is 1.63. The van der Waals surface area contributed by atoms with Crippen LogP contribution in [-0.2, 0) is 6.54 Å². The average Bonchev–Trinajstić information content (AvgIpc) is 2.44. The van der Waals surface area contributed by atoms with Crippen LogP contribution in [0, 0.1) is 5.92 Å². The second-order valence-corrected chi connectivity index (χ2v) is 5.07. The van der Waals surface area contributed by atoms with Crippen LogP contribution in [0.15, 0.2) is 29.3 Å². The molecule has 0 atom stereocenters. The van der Waals surface area contributed by atoms with E-state index in [1.54, 1.807) is 0 Å². The summed E-state index contributed by atoms with van der Waals surface area (Å²) < 4.78 is 5.66. The van der Waals surface area contributed by atoms with Gasteiger partial charge in [0.25, 0.3) is 0 Å². The van der Waals surface area contributed by atoms with E-state index >= 15 is 0 Å². The highest BCUT2D eigenvalue weighted by Gasteiger charge is 1.99. The topological polar surface area (TPSA) is 45.7 Å². The Balaban J connectivity index is 0.00000400. The number of nitrogens with zero attached hydrogens (tertiary/aromatic N) is 1. The van der Waals surface area contributed by atoms with Crippen molar-refractivity contribution in [3.05, 3.63) is 29.8 Å². The zero-order chi connectivity index (χ0) is 14.8. The molecule has 0 bridgehead atoms. The summed E-state index contributed by atoms with van der Waals surface area (Å²) in [5, 5.41) is 6.42. The first kappa shape index (κ1) is 20.0. The third-order valence-electron chi connectivity index (χ3n) is 2.61. The van der Waals surface area contributed by atoms with Gasteiger partial charge in [-0.15, -0.1) is 24.0 Å². The summed E-state index contributed by atoms with van der Waals surface area (Å²) in [6, 6.07) is 8.14. The van der Waals surface area contributed by atoms with Crippen LogP contribution in [0.5, 0.6) is 5.75 Å². The van der Waals surface area contributed by atoms with Crippen LogP contribution in [0.1, 0.15) is 33.3 Å². The number of ether oxygens (including phenoxy) is 1. The molecule has 1 aromatic carbocycles. The standard InChI is InChI=1S/C16H27N3O.HI/c1-5-17-16(18-6-2)19-11-14-7-9-15(10-8-14)20-12-13(3)4;/h7-10,13H,5-6,11-12H2,1-4H3,(H2,17,18,19);1H. The molecule has 5 heteroatoms. The lowest BCUT2D eigenvalue weighted by molar-refractivity contribution is 0.271. The van der Waals surface area contributed by atoms with Crippen LogP contribution in [0.2, 0.25) is 0 Å². The van der Waals surface area contributed by atoms with Gasteiger partial charge in [-0.05, 0) is 37.5 Å². The molecule has 21 heavy (non-hydrogen) atoms. The highest BCUT2D eigenvalue weighted by molar-refractivity contribution is 14.0. The van der Waals surface area contributed by atoms with Gasteiger partial charge in [-0.25, -0.2) is 4.99 Å². The first-order chi connectivity index (χ1) is 9.65. The smallest absolute Gasteiger partial charge is 0.191 e. The quantitative estimate of drug-likeness (QED) is 0.415. The highest BCUT2D eigenvalue weighted by atomic mass is 127. The van der Waals surface area contributed by atoms with Crippen molar-refractivity contribution in [2.75, 3.05) is 19.7 Å². The van der Waals surface area contributed by atoms with Gasteiger partial charge in [0, 0.05) is 13.1 Å². The molecule has 0 aromatic heterocycles. The molecule has 120 valence electrons. The molecule has 0 saturated carbocycles. The van der Waals surface area contributed by atoms with E-state index in [1.165, 1.54) is 5.56 Å². The zero-order valence-corrected chi connectivity index (χ0v) is 15.8. The van der Waals surface area contributed by atoms with Crippen LogP contribution >= 0.6 is 24.0 Å². The minimum absolute atomic E-state index is 0. The number of hydrogen-bond acceptors (Lipinski definition) is 2. The van der Waals surface area contributed by atoms with Gasteiger partial charge in [0.05, 0.1) is 13.2 Å². The fourth-order valence-corrected chi connectivity index (χ4v) is 1.63. The average molecular weight is 405 g/mol. The molecule has 1 rings (SSSR count). The summed E-state index contributed by atoms with van der Waals surface area (Å²) >= 11 is 0. The lowest BCUT2D eigenvalue weighted by Crippen LogP contribution is -2.36. The van der Waals surface area contributed by atoms with E-state index in [4.69, 9.17) is 4.74 Å². The molecule has 0 aliphatic carbocycles. The Kier molecular flexibility index (Phi) is 11.1. The maximum Gasteiger partial charge on any atom is 0.191 e. The Morgan fingerprint density at radius 3 is 2.14 bits per heavy atom. The maximum absolute atomic E-state index is 5.66. The lowest BCUT2D eigenvalue weighted by atomic mass is 10.2. The van der Waals surface area contributed by atoms with E-state index in [-0.39, 0.29) is 24.0 Å². The number of benzene rings is 1. The monoisotopic (exact) mass is 405 g/mol. The zero-order valence-electron chi connectivity index (χ0n) is 13.5. The van der Waals surface area contributed by atoms with Crippen molar-refractivity contribution < 1.29 is 4.74 Å². The molecule has 2 N–H and O–H groups in total. The molecule has 0 unspecified atom stereocenters.